The molecule has 0 saturated heterocycles. The molecule has 8 heteroatoms. The summed E-state index contributed by atoms with van der Waals surface area (Å²) in [4.78, 5) is 0. The van der Waals surface area contributed by atoms with Gasteiger partial charge in [0.1, 0.15) is 0 Å². The molecule has 1 aromatic heterocycles. The van der Waals surface area contributed by atoms with E-state index in [1.54, 1.807) is 7.11 Å². The first-order chi connectivity index (χ1) is 9.61. The summed E-state index contributed by atoms with van der Waals surface area (Å²) in [5.41, 5.74) is 0.933. The van der Waals surface area contributed by atoms with Crippen molar-refractivity contribution in [1.29, 1.82) is 0 Å². The molecule has 0 aliphatic rings. The van der Waals surface area contributed by atoms with Crippen LogP contribution in [0.25, 0.3) is 0 Å². The van der Waals surface area contributed by atoms with Crippen LogP contribution >= 0.6 is 15.9 Å². The van der Waals surface area contributed by atoms with Gasteiger partial charge in [-0.1, -0.05) is 21.0 Å². The zero-order chi connectivity index (χ0) is 14.5. The third-order valence-electron chi connectivity index (χ3n) is 2.51. The van der Waals surface area contributed by atoms with Gasteiger partial charge in [0.05, 0.1) is 13.2 Å². The van der Waals surface area contributed by atoms with Crippen molar-refractivity contribution in [2.75, 3.05) is 12.4 Å². The Morgan fingerprint density at radius 3 is 2.80 bits per heavy atom. The van der Waals surface area contributed by atoms with E-state index in [1.807, 2.05) is 26.0 Å². The molecule has 0 aliphatic carbocycles. The van der Waals surface area contributed by atoms with Crippen LogP contribution in [0.15, 0.2) is 16.6 Å². The van der Waals surface area contributed by atoms with Crippen molar-refractivity contribution in [3.63, 3.8) is 0 Å². The van der Waals surface area contributed by atoms with Crippen LogP contribution in [0, 0.1) is 0 Å². The lowest BCUT2D eigenvalue weighted by atomic mass is 10.1. The lowest BCUT2D eigenvalue weighted by molar-refractivity contribution is 0.227. The average molecular weight is 342 g/mol. The second-order valence-electron chi connectivity index (χ2n) is 4.31. The Balaban J connectivity index is 2.28. The Labute approximate surface area is 125 Å². The van der Waals surface area contributed by atoms with Crippen molar-refractivity contribution in [2.45, 2.75) is 26.5 Å². The average Bonchev–Trinajstić information content (AvgIpc) is 2.91. The molecule has 2 N–H and O–H groups in total. The molecule has 20 heavy (non-hydrogen) atoms. The quantitative estimate of drug-likeness (QED) is 0.838. The molecule has 0 aliphatic heterocycles. The Morgan fingerprint density at radius 2 is 2.20 bits per heavy atom. The minimum Gasteiger partial charge on any atom is -0.493 e. The molecular weight excluding hydrogens is 326 g/mol. The molecule has 0 saturated carbocycles. The van der Waals surface area contributed by atoms with Gasteiger partial charge in [-0.25, -0.2) is 0 Å². The van der Waals surface area contributed by atoms with Crippen molar-refractivity contribution in [1.82, 2.24) is 20.6 Å². The van der Waals surface area contributed by atoms with Gasteiger partial charge in [0.2, 0.25) is 0 Å². The van der Waals surface area contributed by atoms with E-state index in [1.165, 1.54) is 0 Å². The third-order valence-corrected chi connectivity index (χ3v) is 3.25. The summed E-state index contributed by atoms with van der Waals surface area (Å²) >= 11 is 3.52. The van der Waals surface area contributed by atoms with Crippen molar-refractivity contribution in [3.05, 3.63) is 22.2 Å². The van der Waals surface area contributed by atoms with Crippen LogP contribution < -0.4 is 14.8 Å². The standard InChI is InChI=1S/C12H16BrN5O2/c1-7(2)20-11-8(6-14-12-15-17-18-16-12)9(13)4-5-10(11)19-3/h4-5,7H,6H2,1-3H3,(H2,14,15,16,17,18). The van der Waals surface area contributed by atoms with E-state index in [0.717, 1.165) is 10.0 Å². The summed E-state index contributed by atoms with van der Waals surface area (Å²) in [6, 6.07) is 3.78. The zero-order valence-electron chi connectivity index (χ0n) is 11.5. The van der Waals surface area contributed by atoms with Crippen LogP contribution in [0.4, 0.5) is 5.95 Å². The molecular formula is C12H16BrN5O2. The van der Waals surface area contributed by atoms with Gasteiger partial charge < -0.3 is 14.8 Å². The molecule has 0 spiro atoms. The predicted molar refractivity (Wildman–Crippen MR) is 78.0 cm³/mol. The van der Waals surface area contributed by atoms with Gasteiger partial charge in [0.25, 0.3) is 5.95 Å². The molecule has 1 heterocycles. The number of benzene rings is 1. The van der Waals surface area contributed by atoms with E-state index in [2.05, 4.69) is 41.9 Å². The molecule has 0 amide bonds. The number of anilines is 1. The van der Waals surface area contributed by atoms with Gasteiger partial charge in [-0.3, -0.25) is 0 Å². The molecule has 2 aromatic rings. The van der Waals surface area contributed by atoms with Gasteiger partial charge in [-0.2, -0.15) is 5.21 Å². The minimum atomic E-state index is 0.0436. The highest BCUT2D eigenvalue weighted by molar-refractivity contribution is 9.10. The van der Waals surface area contributed by atoms with Crippen LogP contribution in [0.1, 0.15) is 19.4 Å². The number of nitrogens with one attached hydrogen (secondary N) is 2. The number of methoxy groups -OCH3 is 1. The second kappa shape index (κ2) is 6.56. The Bertz CT molecular complexity index is 559. The molecule has 0 bridgehead atoms. The first-order valence-electron chi connectivity index (χ1n) is 6.11. The highest BCUT2D eigenvalue weighted by Crippen LogP contribution is 2.37. The maximum Gasteiger partial charge on any atom is 0.263 e. The molecule has 0 atom stereocenters. The van der Waals surface area contributed by atoms with E-state index in [-0.39, 0.29) is 6.10 Å². The Morgan fingerprint density at radius 1 is 1.40 bits per heavy atom. The maximum absolute atomic E-state index is 5.86. The second-order valence-corrected chi connectivity index (χ2v) is 5.17. The largest absolute Gasteiger partial charge is 0.493 e. The number of hydrogen-bond donors (Lipinski definition) is 2. The minimum absolute atomic E-state index is 0.0436. The first-order valence-corrected chi connectivity index (χ1v) is 6.90. The summed E-state index contributed by atoms with van der Waals surface area (Å²) in [7, 11) is 1.62. The Hall–Kier alpha value is -1.83. The van der Waals surface area contributed by atoms with Crippen LogP contribution in [0.2, 0.25) is 0 Å². The lowest BCUT2D eigenvalue weighted by Gasteiger charge is -2.18. The maximum atomic E-state index is 5.86. The summed E-state index contributed by atoms with van der Waals surface area (Å²) in [5, 5.41) is 16.6. The van der Waals surface area contributed by atoms with Crippen molar-refractivity contribution >= 4 is 21.9 Å². The lowest BCUT2D eigenvalue weighted by Crippen LogP contribution is -2.11. The summed E-state index contributed by atoms with van der Waals surface area (Å²) < 4.78 is 12.1. The van der Waals surface area contributed by atoms with Crippen molar-refractivity contribution < 1.29 is 9.47 Å². The van der Waals surface area contributed by atoms with E-state index in [0.29, 0.717) is 24.0 Å². The highest BCUT2D eigenvalue weighted by Gasteiger charge is 2.16. The van der Waals surface area contributed by atoms with E-state index >= 15 is 0 Å². The van der Waals surface area contributed by atoms with E-state index in [4.69, 9.17) is 9.47 Å². The van der Waals surface area contributed by atoms with E-state index < -0.39 is 0 Å². The molecule has 0 radical (unpaired) electrons. The van der Waals surface area contributed by atoms with Crippen LogP contribution in [0.3, 0.4) is 0 Å². The number of halogens is 1. The number of rotatable bonds is 6. The van der Waals surface area contributed by atoms with Gasteiger partial charge in [-0.05, 0) is 31.2 Å². The number of tetrazole rings is 1. The predicted octanol–water partition coefficient (Wildman–Crippen LogP) is 2.37. The fraction of sp³-hybridized carbons (Fsp3) is 0.417. The monoisotopic (exact) mass is 341 g/mol. The molecule has 108 valence electrons. The number of aromatic amines is 1. The SMILES string of the molecule is COc1ccc(Br)c(CNc2nn[nH]n2)c1OC(C)C. The van der Waals surface area contributed by atoms with Crippen LogP contribution in [-0.2, 0) is 6.54 Å². The number of aromatic nitrogens is 4. The van der Waals surface area contributed by atoms with Gasteiger partial charge in [-0.15, -0.1) is 5.10 Å². The van der Waals surface area contributed by atoms with E-state index in [9.17, 15) is 0 Å². The topological polar surface area (TPSA) is 85.0 Å². The first kappa shape index (κ1) is 14.6. The van der Waals surface area contributed by atoms with Crippen LogP contribution in [0.5, 0.6) is 11.5 Å². The Kier molecular flexibility index (Phi) is 4.78. The number of H-pyrrole nitrogens is 1. The molecule has 0 fully saturated rings. The van der Waals surface area contributed by atoms with Gasteiger partial charge in [0, 0.05) is 16.6 Å². The van der Waals surface area contributed by atoms with Gasteiger partial charge >= 0.3 is 0 Å². The number of ether oxygens (including phenoxy) is 2. The summed E-state index contributed by atoms with van der Waals surface area (Å²) in [6.07, 6.45) is 0.0436. The highest BCUT2D eigenvalue weighted by atomic mass is 79.9. The smallest absolute Gasteiger partial charge is 0.263 e. The molecule has 0 unspecified atom stereocenters. The fourth-order valence-electron chi connectivity index (χ4n) is 1.68. The number of nitrogens with zero attached hydrogens (tertiary/aromatic N) is 3. The van der Waals surface area contributed by atoms with Gasteiger partial charge in [0.15, 0.2) is 11.5 Å². The van der Waals surface area contributed by atoms with Crippen LogP contribution in [-0.4, -0.2) is 33.8 Å². The fourth-order valence-corrected chi connectivity index (χ4v) is 2.13. The summed E-state index contributed by atoms with van der Waals surface area (Å²) in [6.45, 7) is 4.42. The molecule has 1 aromatic carbocycles. The summed E-state index contributed by atoms with van der Waals surface area (Å²) in [5.74, 6) is 1.81. The third kappa shape index (κ3) is 3.38. The molecule has 7 nitrogen and oxygen atoms in total. The normalized spacial score (nSPS) is 10.7. The zero-order valence-corrected chi connectivity index (χ0v) is 13.1. The molecule has 2 rings (SSSR count). The van der Waals surface area contributed by atoms with Crippen molar-refractivity contribution in [3.8, 4) is 11.5 Å². The number of hydrogen-bond acceptors (Lipinski definition) is 6. The van der Waals surface area contributed by atoms with Crippen molar-refractivity contribution in [2.24, 2.45) is 0 Å².